The summed E-state index contributed by atoms with van der Waals surface area (Å²) in [6.07, 6.45) is 6.15. The van der Waals surface area contributed by atoms with Gasteiger partial charge in [0.05, 0.1) is 0 Å². The van der Waals surface area contributed by atoms with Gasteiger partial charge in [0, 0.05) is 12.3 Å². The van der Waals surface area contributed by atoms with Crippen molar-refractivity contribution in [1.29, 1.82) is 0 Å². The van der Waals surface area contributed by atoms with Crippen LogP contribution in [0.1, 0.15) is 63.9 Å². The molecule has 1 atom stereocenters. The first-order valence-electron chi connectivity index (χ1n) is 6.87. The van der Waals surface area contributed by atoms with Crippen molar-refractivity contribution in [3.63, 3.8) is 0 Å². The third-order valence-electron chi connectivity index (χ3n) is 3.21. The predicted octanol–water partition coefficient (Wildman–Crippen LogP) is 4.72. The second-order valence-electron chi connectivity index (χ2n) is 4.68. The normalized spacial score (nSPS) is 12.4. The van der Waals surface area contributed by atoms with Gasteiger partial charge in [0.25, 0.3) is 0 Å². The van der Waals surface area contributed by atoms with Crippen LogP contribution in [0.4, 0.5) is 0 Å². The van der Waals surface area contributed by atoms with Crippen molar-refractivity contribution in [2.24, 2.45) is 0 Å². The zero-order valence-electron chi connectivity index (χ0n) is 11.1. The Morgan fingerprint density at radius 1 is 1.06 bits per heavy atom. The molecule has 17 heavy (non-hydrogen) atoms. The fourth-order valence-electron chi connectivity index (χ4n) is 2.13. The van der Waals surface area contributed by atoms with E-state index >= 15 is 0 Å². The molecule has 1 nitrogen and oxygen atoms in total. The highest BCUT2D eigenvalue weighted by Gasteiger charge is 2.18. The summed E-state index contributed by atoms with van der Waals surface area (Å²) in [7, 11) is 0. The molecule has 0 aliphatic rings. The van der Waals surface area contributed by atoms with E-state index in [0.717, 1.165) is 38.5 Å². The Hall–Kier alpha value is -1.11. The molecule has 0 aromatic heterocycles. The van der Waals surface area contributed by atoms with E-state index in [0.29, 0.717) is 5.78 Å². The van der Waals surface area contributed by atoms with Gasteiger partial charge in [0.1, 0.15) is 5.78 Å². The van der Waals surface area contributed by atoms with Crippen LogP contribution in [0.5, 0.6) is 0 Å². The Balaban J connectivity index is 2.69. The third-order valence-corrected chi connectivity index (χ3v) is 3.21. The number of hydrogen-bond donors (Lipinski definition) is 0. The molecule has 1 aromatic carbocycles. The number of carbonyl (C=O) groups is 1. The lowest BCUT2D eigenvalue weighted by atomic mass is 9.88. The topological polar surface area (TPSA) is 17.1 Å². The van der Waals surface area contributed by atoms with Gasteiger partial charge in [-0.3, -0.25) is 4.79 Å². The van der Waals surface area contributed by atoms with Crippen molar-refractivity contribution < 1.29 is 4.79 Å². The molecule has 0 aliphatic carbocycles. The molecule has 0 saturated heterocycles. The van der Waals surface area contributed by atoms with Gasteiger partial charge in [-0.25, -0.2) is 0 Å². The van der Waals surface area contributed by atoms with E-state index in [1.54, 1.807) is 0 Å². The fourth-order valence-corrected chi connectivity index (χ4v) is 2.13. The first kappa shape index (κ1) is 14.0. The Bertz CT molecular complexity index is 316. The van der Waals surface area contributed by atoms with Crippen LogP contribution < -0.4 is 0 Å². The van der Waals surface area contributed by atoms with E-state index in [9.17, 15) is 4.79 Å². The molecule has 0 unspecified atom stereocenters. The van der Waals surface area contributed by atoms with Crippen LogP contribution in [0.25, 0.3) is 0 Å². The zero-order valence-corrected chi connectivity index (χ0v) is 11.1. The molecule has 0 radical (unpaired) electrons. The molecular formula is C16H24O. The molecule has 0 amide bonds. The average molecular weight is 232 g/mol. The van der Waals surface area contributed by atoms with E-state index in [2.05, 4.69) is 26.0 Å². The Labute approximate surface area is 105 Å². The highest BCUT2D eigenvalue weighted by Crippen LogP contribution is 2.25. The number of benzene rings is 1. The molecule has 0 heterocycles. The summed E-state index contributed by atoms with van der Waals surface area (Å²) in [6, 6.07) is 10.2. The van der Waals surface area contributed by atoms with E-state index in [1.165, 1.54) is 5.56 Å². The Morgan fingerprint density at radius 2 is 1.71 bits per heavy atom. The summed E-state index contributed by atoms with van der Waals surface area (Å²) < 4.78 is 0. The van der Waals surface area contributed by atoms with Crippen LogP contribution in [-0.2, 0) is 4.79 Å². The first-order chi connectivity index (χ1) is 8.29. The van der Waals surface area contributed by atoms with Crippen molar-refractivity contribution in [2.45, 2.75) is 58.3 Å². The summed E-state index contributed by atoms with van der Waals surface area (Å²) in [6.45, 7) is 4.31. The van der Waals surface area contributed by atoms with Crippen LogP contribution in [-0.4, -0.2) is 5.78 Å². The standard InChI is InChI=1S/C16H24O/c1-3-5-12-15(16(17)13-6-4-2)14-10-8-7-9-11-14/h7-11,15H,3-6,12-13H2,1-2H3/t15-/m0/s1. The quantitative estimate of drug-likeness (QED) is 0.634. The number of Topliss-reactive ketones (excluding diaryl/α,β-unsaturated/α-hetero) is 1. The maximum atomic E-state index is 12.2. The molecule has 1 aromatic rings. The molecule has 0 spiro atoms. The lowest BCUT2D eigenvalue weighted by molar-refractivity contribution is -0.120. The molecule has 0 fully saturated rings. The molecule has 0 aliphatic heterocycles. The summed E-state index contributed by atoms with van der Waals surface area (Å²) in [5.74, 6) is 0.550. The molecule has 94 valence electrons. The van der Waals surface area contributed by atoms with E-state index in [1.807, 2.05) is 18.2 Å². The Morgan fingerprint density at radius 3 is 2.29 bits per heavy atom. The van der Waals surface area contributed by atoms with Gasteiger partial charge in [0.15, 0.2) is 0 Å². The summed E-state index contributed by atoms with van der Waals surface area (Å²) in [5, 5.41) is 0. The highest BCUT2D eigenvalue weighted by atomic mass is 16.1. The van der Waals surface area contributed by atoms with Gasteiger partial charge in [0.2, 0.25) is 0 Å². The van der Waals surface area contributed by atoms with Gasteiger partial charge < -0.3 is 0 Å². The van der Waals surface area contributed by atoms with Crippen LogP contribution in [0.2, 0.25) is 0 Å². The van der Waals surface area contributed by atoms with Crippen molar-refractivity contribution >= 4 is 5.78 Å². The van der Waals surface area contributed by atoms with Crippen LogP contribution in [0.15, 0.2) is 30.3 Å². The van der Waals surface area contributed by atoms with E-state index in [-0.39, 0.29) is 5.92 Å². The molecule has 1 heteroatoms. The maximum absolute atomic E-state index is 12.2. The minimum atomic E-state index is 0.127. The Kier molecular flexibility index (Phi) is 6.61. The lowest BCUT2D eigenvalue weighted by Gasteiger charge is -2.15. The third kappa shape index (κ3) is 4.72. The number of unbranched alkanes of at least 4 members (excludes halogenated alkanes) is 2. The minimum Gasteiger partial charge on any atom is -0.299 e. The molecule has 0 saturated carbocycles. The fraction of sp³-hybridized carbons (Fsp3) is 0.562. The number of rotatable bonds is 8. The van der Waals surface area contributed by atoms with E-state index in [4.69, 9.17) is 0 Å². The van der Waals surface area contributed by atoms with Crippen LogP contribution >= 0.6 is 0 Å². The second-order valence-corrected chi connectivity index (χ2v) is 4.68. The highest BCUT2D eigenvalue weighted by molar-refractivity contribution is 5.85. The van der Waals surface area contributed by atoms with E-state index < -0.39 is 0 Å². The average Bonchev–Trinajstić information content (AvgIpc) is 2.38. The number of hydrogen-bond acceptors (Lipinski definition) is 1. The van der Waals surface area contributed by atoms with Crippen molar-refractivity contribution in [3.05, 3.63) is 35.9 Å². The van der Waals surface area contributed by atoms with Gasteiger partial charge in [-0.1, -0.05) is 63.4 Å². The SMILES string of the molecule is CCCCC(=O)[C@@H](CCCC)c1ccccc1. The van der Waals surface area contributed by atoms with Crippen LogP contribution in [0, 0.1) is 0 Å². The maximum Gasteiger partial charge on any atom is 0.140 e. The lowest BCUT2D eigenvalue weighted by Crippen LogP contribution is -2.12. The van der Waals surface area contributed by atoms with Gasteiger partial charge in [-0.05, 0) is 18.4 Å². The minimum absolute atomic E-state index is 0.127. The molecular weight excluding hydrogens is 208 g/mol. The summed E-state index contributed by atoms with van der Waals surface area (Å²) in [4.78, 5) is 12.2. The molecule has 0 N–H and O–H groups in total. The molecule has 1 rings (SSSR count). The molecule has 0 bridgehead atoms. The van der Waals surface area contributed by atoms with Crippen LogP contribution in [0.3, 0.4) is 0 Å². The smallest absolute Gasteiger partial charge is 0.140 e. The number of carbonyl (C=O) groups excluding carboxylic acids is 1. The monoisotopic (exact) mass is 232 g/mol. The number of ketones is 1. The van der Waals surface area contributed by atoms with Gasteiger partial charge >= 0.3 is 0 Å². The largest absolute Gasteiger partial charge is 0.299 e. The summed E-state index contributed by atoms with van der Waals surface area (Å²) >= 11 is 0. The predicted molar refractivity (Wildman–Crippen MR) is 73.2 cm³/mol. The van der Waals surface area contributed by atoms with Gasteiger partial charge in [-0.15, -0.1) is 0 Å². The summed E-state index contributed by atoms with van der Waals surface area (Å²) in [5.41, 5.74) is 1.20. The van der Waals surface area contributed by atoms with Crippen molar-refractivity contribution in [2.75, 3.05) is 0 Å². The second kappa shape index (κ2) is 8.05. The first-order valence-corrected chi connectivity index (χ1v) is 6.87. The van der Waals surface area contributed by atoms with Gasteiger partial charge in [-0.2, -0.15) is 0 Å². The zero-order chi connectivity index (χ0) is 12.5. The van der Waals surface area contributed by atoms with Crippen molar-refractivity contribution in [3.8, 4) is 0 Å². The van der Waals surface area contributed by atoms with Crippen molar-refractivity contribution in [1.82, 2.24) is 0 Å².